The summed E-state index contributed by atoms with van der Waals surface area (Å²) < 4.78 is 17.6. The van der Waals surface area contributed by atoms with E-state index >= 15 is 0 Å². The predicted octanol–water partition coefficient (Wildman–Crippen LogP) is 5.01. The van der Waals surface area contributed by atoms with Crippen LogP contribution in [0.25, 0.3) is 10.8 Å². The first kappa shape index (κ1) is 17.5. The van der Waals surface area contributed by atoms with Gasteiger partial charge in [0.1, 0.15) is 0 Å². The largest absolute Gasteiger partial charge is 0.549 e. The summed E-state index contributed by atoms with van der Waals surface area (Å²) in [5, 5.41) is 2.51. The molecule has 25 heavy (non-hydrogen) atoms. The molecule has 4 heteroatoms. The van der Waals surface area contributed by atoms with E-state index in [1.165, 1.54) is 7.11 Å². The molecule has 0 aliphatic heterocycles. The van der Waals surface area contributed by atoms with Crippen LogP contribution in [0.4, 0.5) is 0 Å². The molecule has 0 heterocycles. The first-order valence-electron chi connectivity index (χ1n) is 8.10. The molecule has 0 saturated carbocycles. The molecule has 3 aromatic rings. The Morgan fingerprint density at radius 2 is 1.52 bits per heavy atom. The molecule has 0 bridgehead atoms. The van der Waals surface area contributed by atoms with Crippen molar-refractivity contribution in [2.75, 3.05) is 7.11 Å². The zero-order valence-corrected chi connectivity index (χ0v) is 15.7. The van der Waals surface area contributed by atoms with Gasteiger partial charge in [-0.2, -0.15) is 0 Å². The molecule has 3 nitrogen and oxygen atoms in total. The maximum absolute atomic E-state index is 12.8. The van der Waals surface area contributed by atoms with Crippen molar-refractivity contribution in [1.82, 2.24) is 0 Å². The van der Waals surface area contributed by atoms with Gasteiger partial charge in [-0.3, -0.25) is 4.79 Å². The Morgan fingerprint density at radius 1 is 0.840 bits per heavy atom. The Kier molecular flexibility index (Phi) is 4.80. The second kappa shape index (κ2) is 6.87. The third kappa shape index (κ3) is 3.02. The molecule has 3 aromatic carbocycles. The maximum atomic E-state index is 12.8. The van der Waals surface area contributed by atoms with Gasteiger partial charge >= 0.3 is 8.03 Å². The number of carbonyl (C=O) groups is 1. The minimum absolute atomic E-state index is 0.0445. The number of hydrogen-bond acceptors (Lipinski definition) is 3. The average molecular weight is 351 g/mol. The zero-order valence-electron chi connectivity index (χ0n) is 14.8. The van der Waals surface area contributed by atoms with Crippen LogP contribution >= 0.6 is 8.03 Å². The number of hydrogen-bond donors (Lipinski definition) is 0. The Balaban J connectivity index is 2.28. The van der Waals surface area contributed by atoms with Crippen LogP contribution in [0.1, 0.15) is 32.6 Å². The van der Waals surface area contributed by atoms with Gasteiger partial charge < -0.3 is 0 Å². The fourth-order valence-corrected chi connectivity index (χ4v) is 4.16. The van der Waals surface area contributed by atoms with Gasteiger partial charge in [0.2, 0.25) is 5.30 Å². The van der Waals surface area contributed by atoms with Gasteiger partial charge in [-0.1, -0.05) is 42.5 Å². The highest BCUT2D eigenvalue weighted by molar-refractivity contribution is 7.49. The van der Waals surface area contributed by atoms with Crippen LogP contribution in [0, 0.1) is 20.8 Å². The summed E-state index contributed by atoms with van der Waals surface area (Å²) in [6.07, 6.45) is 0. The van der Waals surface area contributed by atoms with Gasteiger partial charge in [0.05, 0.1) is 7.11 Å². The van der Waals surface area contributed by atoms with Crippen LogP contribution in [-0.2, 0) is 9.09 Å². The second-order valence-corrected chi connectivity index (χ2v) is 7.45. The van der Waals surface area contributed by atoms with E-state index in [-0.39, 0.29) is 5.78 Å². The van der Waals surface area contributed by atoms with E-state index in [1.807, 2.05) is 57.2 Å². The van der Waals surface area contributed by atoms with Crippen molar-refractivity contribution < 1.29 is 13.9 Å². The number of rotatable bonds is 4. The third-order valence-electron chi connectivity index (χ3n) is 4.81. The van der Waals surface area contributed by atoms with Gasteiger partial charge in [0.15, 0.2) is 5.78 Å². The number of fused-ring (bicyclic) bond motifs is 1. The molecule has 0 spiro atoms. The standard InChI is InChI=1S/C21H20O3P/c1-13-14(2)18-11-10-17(20(22)16-8-6-5-7-9-16)12-19(18)21(15(13)3)25(23)24-4/h5-12H,1-4H3/q+1. The van der Waals surface area contributed by atoms with Crippen LogP contribution in [0.3, 0.4) is 0 Å². The average Bonchev–Trinajstić information content (AvgIpc) is 2.65. The van der Waals surface area contributed by atoms with Crippen molar-refractivity contribution in [2.45, 2.75) is 20.8 Å². The maximum Gasteiger partial charge on any atom is 0.549 e. The first-order chi connectivity index (χ1) is 12.0. The van der Waals surface area contributed by atoms with Crippen molar-refractivity contribution in [3.8, 4) is 0 Å². The summed E-state index contributed by atoms with van der Waals surface area (Å²) in [6.45, 7) is 6.03. The topological polar surface area (TPSA) is 43.4 Å². The van der Waals surface area contributed by atoms with Crippen molar-refractivity contribution in [1.29, 1.82) is 0 Å². The molecule has 0 fully saturated rings. The van der Waals surface area contributed by atoms with Crippen molar-refractivity contribution in [2.24, 2.45) is 0 Å². The third-order valence-corrected chi connectivity index (χ3v) is 6.08. The lowest BCUT2D eigenvalue weighted by Crippen LogP contribution is -2.10. The van der Waals surface area contributed by atoms with Crippen LogP contribution in [-0.4, -0.2) is 12.9 Å². The molecular weight excluding hydrogens is 331 g/mol. The molecular formula is C21H20O3P+. The van der Waals surface area contributed by atoms with Crippen LogP contribution < -0.4 is 5.30 Å². The molecule has 0 aliphatic rings. The lowest BCUT2D eigenvalue weighted by Gasteiger charge is -2.11. The van der Waals surface area contributed by atoms with Crippen LogP contribution in [0.5, 0.6) is 0 Å². The van der Waals surface area contributed by atoms with Crippen molar-refractivity contribution in [3.63, 3.8) is 0 Å². The van der Waals surface area contributed by atoms with E-state index in [0.717, 1.165) is 27.5 Å². The minimum atomic E-state index is -1.97. The van der Waals surface area contributed by atoms with E-state index in [1.54, 1.807) is 12.1 Å². The summed E-state index contributed by atoms with van der Waals surface area (Å²) in [5.41, 5.74) is 4.42. The van der Waals surface area contributed by atoms with Crippen molar-refractivity contribution >= 4 is 29.9 Å². The summed E-state index contributed by atoms with van der Waals surface area (Å²) in [6, 6.07) is 14.8. The summed E-state index contributed by atoms with van der Waals surface area (Å²) in [4.78, 5) is 12.8. The van der Waals surface area contributed by atoms with Gasteiger partial charge in [0, 0.05) is 22.1 Å². The fraction of sp³-hybridized carbons (Fsp3) is 0.190. The fourth-order valence-electron chi connectivity index (χ4n) is 3.15. The highest BCUT2D eigenvalue weighted by Crippen LogP contribution is 2.33. The van der Waals surface area contributed by atoms with E-state index in [4.69, 9.17) is 4.52 Å². The zero-order chi connectivity index (χ0) is 18.1. The SMILES string of the molecule is CO[P+](=O)c1c(C)c(C)c(C)c2ccc(C(=O)c3ccccc3)cc12. The van der Waals surface area contributed by atoms with Crippen LogP contribution in [0.15, 0.2) is 48.5 Å². The van der Waals surface area contributed by atoms with Crippen LogP contribution in [0.2, 0.25) is 0 Å². The number of benzene rings is 3. The molecule has 1 atom stereocenters. The lowest BCUT2D eigenvalue weighted by atomic mass is 9.93. The van der Waals surface area contributed by atoms with E-state index < -0.39 is 8.03 Å². The number of carbonyl (C=O) groups excluding carboxylic acids is 1. The smallest absolute Gasteiger partial charge is 0.289 e. The molecule has 0 aromatic heterocycles. The van der Waals surface area contributed by atoms with Gasteiger partial charge in [0.25, 0.3) is 0 Å². The molecule has 3 rings (SSSR count). The van der Waals surface area contributed by atoms with Gasteiger partial charge in [-0.05, 0) is 47.9 Å². The summed E-state index contributed by atoms with van der Waals surface area (Å²) in [5.74, 6) is -0.0445. The molecule has 0 saturated heterocycles. The highest BCUT2D eigenvalue weighted by atomic mass is 31.1. The summed E-state index contributed by atoms with van der Waals surface area (Å²) >= 11 is 0. The first-order valence-corrected chi connectivity index (χ1v) is 9.28. The highest BCUT2D eigenvalue weighted by Gasteiger charge is 2.29. The number of aryl methyl sites for hydroxylation is 1. The Bertz CT molecular complexity index is 991. The van der Waals surface area contributed by atoms with Gasteiger partial charge in [-0.25, -0.2) is 0 Å². The minimum Gasteiger partial charge on any atom is -0.289 e. The quantitative estimate of drug-likeness (QED) is 0.490. The molecule has 0 amide bonds. The molecule has 0 radical (unpaired) electrons. The number of ketones is 1. The second-order valence-electron chi connectivity index (χ2n) is 6.12. The Labute approximate surface area is 148 Å². The monoisotopic (exact) mass is 351 g/mol. The van der Waals surface area contributed by atoms with E-state index in [9.17, 15) is 9.36 Å². The molecule has 1 unspecified atom stereocenters. The van der Waals surface area contributed by atoms with Gasteiger partial charge in [-0.15, -0.1) is 4.52 Å². The van der Waals surface area contributed by atoms with Crippen molar-refractivity contribution in [3.05, 3.63) is 76.3 Å². The van der Waals surface area contributed by atoms with E-state index in [2.05, 4.69) is 0 Å². The van der Waals surface area contributed by atoms with E-state index in [0.29, 0.717) is 16.4 Å². The normalized spacial score (nSPS) is 11.6. The predicted molar refractivity (Wildman–Crippen MR) is 102 cm³/mol. The molecule has 0 aliphatic carbocycles. The Hall–Kier alpha value is -2.35. The molecule has 0 N–H and O–H groups in total. The summed E-state index contributed by atoms with van der Waals surface area (Å²) in [7, 11) is -0.527. The molecule has 126 valence electrons. The lowest BCUT2D eigenvalue weighted by molar-refractivity contribution is 0.103. The Morgan fingerprint density at radius 3 is 2.16 bits per heavy atom.